The molecule has 0 aromatic heterocycles. The van der Waals surface area contributed by atoms with Gasteiger partial charge in [0.1, 0.15) is 6.61 Å². The monoisotopic (exact) mass is 265 g/mol. The lowest BCUT2D eigenvalue weighted by atomic mass is 10.4. The average Bonchev–Trinajstić information content (AvgIpc) is 2.75. The van der Waals surface area contributed by atoms with Crippen molar-refractivity contribution in [3.63, 3.8) is 0 Å². The van der Waals surface area contributed by atoms with Gasteiger partial charge in [-0.25, -0.2) is 4.18 Å². The van der Waals surface area contributed by atoms with E-state index in [1.165, 1.54) is 33.5 Å². The van der Waals surface area contributed by atoms with Crippen LogP contribution in [0, 0.1) is 6.61 Å². The minimum atomic E-state index is -3.61. The van der Waals surface area contributed by atoms with Gasteiger partial charge in [0.05, 0.1) is 13.2 Å². The van der Waals surface area contributed by atoms with E-state index in [0.717, 1.165) is 23.9 Å². The number of likely N-dealkylation sites (tertiary alicyclic amines) is 1. The van der Waals surface area contributed by atoms with Crippen molar-refractivity contribution in [2.45, 2.75) is 12.8 Å². The van der Waals surface area contributed by atoms with Crippen LogP contribution in [0.5, 0.6) is 0 Å². The highest BCUT2D eigenvalue weighted by molar-refractivity contribution is 7.84. The van der Waals surface area contributed by atoms with E-state index in [1.54, 1.807) is 0 Å². The Hall–Kier alpha value is -0.210. The quantitative estimate of drug-likeness (QED) is 0.582. The molecule has 1 rings (SSSR count). The van der Waals surface area contributed by atoms with Crippen LogP contribution in [0.3, 0.4) is 0 Å². The van der Waals surface area contributed by atoms with Crippen molar-refractivity contribution in [1.82, 2.24) is 9.21 Å². The van der Waals surface area contributed by atoms with Crippen LogP contribution in [-0.2, 0) is 19.2 Å². The summed E-state index contributed by atoms with van der Waals surface area (Å²) >= 11 is 0. The summed E-state index contributed by atoms with van der Waals surface area (Å²) in [6.07, 6.45) is 2.52. The van der Waals surface area contributed by atoms with Crippen molar-refractivity contribution in [1.29, 1.82) is 0 Å². The van der Waals surface area contributed by atoms with Gasteiger partial charge in [-0.3, -0.25) is 0 Å². The Bertz CT molecular complexity index is 299. The summed E-state index contributed by atoms with van der Waals surface area (Å²) in [7, 11) is -0.785. The first kappa shape index (κ1) is 14.8. The standard InChI is InChI=1S/C10H21N2O4S/c1-11(2)17(13,14)16-10-9-15-8-7-12-5-3-4-6-12/h10H,3-9H2,1-2H3. The molecule has 1 aliphatic rings. The topological polar surface area (TPSA) is 59.1 Å². The summed E-state index contributed by atoms with van der Waals surface area (Å²) in [5.74, 6) is 0. The molecule has 0 amide bonds. The minimum Gasteiger partial charge on any atom is -0.377 e. The summed E-state index contributed by atoms with van der Waals surface area (Å²) < 4.78 is 33.2. The van der Waals surface area contributed by atoms with E-state index >= 15 is 0 Å². The first-order valence-electron chi connectivity index (χ1n) is 5.75. The molecule has 0 saturated carbocycles. The van der Waals surface area contributed by atoms with Gasteiger partial charge < -0.3 is 9.64 Å². The SMILES string of the molecule is CN(C)S(=O)(=O)O[CH]COCCN1CCCC1. The van der Waals surface area contributed by atoms with Gasteiger partial charge in [0.2, 0.25) is 0 Å². The Morgan fingerprint density at radius 2 is 1.94 bits per heavy atom. The van der Waals surface area contributed by atoms with Crippen LogP contribution in [0.4, 0.5) is 0 Å². The number of ether oxygens (including phenoxy) is 1. The third-order valence-electron chi connectivity index (χ3n) is 2.57. The lowest BCUT2D eigenvalue weighted by Crippen LogP contribution is -2.25. The van der Waals surface area contributed by atoms with Crippen molar-refractivity contribution in [3.8, 4) is 0 Å². The molecule has 0 atom stereocenters. The molecule has 0 aromatic rings. The maximum Gasteiger partial charge on any atom is 0.338 e. The number of hydrogen-bond donors (Lipinski definition) is 0. The fourth-order valence-electron chi connectivity index (χ4n) is 1.53. The van der Waals surface area contributed by atoms with E-state index in [0.29, 0.717) is 6.61 Å². The van der Waals surface area contributed by atoms with Crippen molar-refractivity contribution in [2.75, 3.05) is 46.9 Å². The van der Waals surface area contributed by atoms with E-state index in [4.69, 9.17) is 4.74 Å². The van der Waals surface area contributed by atoms with Gasteiger partial charge in [0.15, 0.2) is 0 Å². The molecule has 1 radical (unpaired) electrons. The van der Waals surface area contributed by atoms with Crippen LogP contribution in [0.15, 0.2) is 0 Å². The molecule has 1 heterocycles. The second-order valence-corrected chi connectivity index (χ2v) is 5.90. The number of rotatable bonds is 8. The number of hydrogen-bond acceptors (Lipinski definition) is 5. The molecule has 6 nitrogen and oxygen atoms in total. The van der Waals surface area contributed by atoms with Gasteiger partial charge in [0.25, 0.3) is 0 Å². The van der Waals surface area contributed by atoms with Crippen molar-refractivity contribution < 1.29 is 17.3 Å². The first-order chi connectivity index (χ1) is 8.02. The van der Waals surface area contributed by atoms with Crippen LogP contribution in [0.1, 0.15) is 12.8 Å². The van der Waals surface area contributed by atoms with Crippen LogP contribution >= 0.6 is 0 Å². The highest BCUT2D eigenvalue weighted by atomic mass is 32.2. The average molecular weight is 265 g/mol. The zero-order valence-corrected chi connectivity index (χ0v) is 11.3. The van der Waals surface area contributed by atoms with Crippen LogP contribution in [-0.4, -0.2) is 64.6 Å². The van der Waals surface area contributed by atoms with E-state index in [2.05, 4.69) is 9.08 Å². The fraction of sp³-hybridized carbons (Fsp3) is 0.900. The third-order valence-corrected chi connectivity index (χ3v) is 3.85. The molecule has 101 valence electrons. The van der Waals surface area contributed by atoms with Crippen LogP contribution < -0.4 is 0 Å². The van der Waals surface area contributed by atoms with E-state index in [9.17, 15) is 8.42 Å². The van der Waals surface area contributed by atoms with Gasteiger partial charge >= 0.3 is 10.3 Å². The molecule has 0 N–H and O–H groups in total. The lowest BCUT2D eigenvalue weighted by molar-refractivity contribution is 0.107. The van der Waals surface area contributed by atoms with Crippen molar-refractivity contribution in [3.05, 3.63) is 6.61 Å². The van der Waals surface area contributed by atoms with E-state index in [1.807, 2.05) is 0 Å². The second kappa shape index (κ2) is 7.27. The maximum atomic E-state index is 11.2. The highest BCUT2D eigenvalue weighted by Crippen LogP contribution is 2.06. The van der Waals surface area contributed by atoms with E-state index < -0.39 is 10.3 Å². The van der Waals surface area contributed by atoms with Gasteiger partial charge in [0, 0.05) is 20.6 Å². The molecule has 0 aromatic carbocycles. The fourth-order valence-corrected chi connectivity index (χ4v) is 1.93. The Kier molecular flexibility index (Phi) is 6.35. The molecule has 1 aliphatic heterocycles. The number of nitrogens with zero attached hydrogens (tertiary/aromatic N) is 2. The summed E-state index contributed by atoms with van der Waals surface area (Å²) in [5.41, 5.74) is 0. The smallest absolute Gasteiger partial charge is 0.338 e. The maximum absolute atomic E-state index is 11.2. The molecule has 0 unspecified atom stereocenters. The van der Waals surface area contributed by atoms with Gasteiger partial charge in [-0.15, -0.1) is 0 Å². The molecular weight excluding hydrogens is 244 g/mol. The molecule has 0 spiro atoms. The second-order valence-electron chi connectivity index (χ2n) is 4.13. The summed E-state index contributed by atoms with van der Waals surface area (Å²) in [4.78, 5) is 2.33. The zero-order chi connectivity index (χ0) is 12.7. The van der Waals surface area contributed by atoms with Gasteiger partial charge in [-0.05, 0) is 25.9 Å². The molecule has 17 heavy (non-hydrogen) atoms. The van der Waals surface area contributed by atoms with E-state index in [-0.39, 0.29) is 6.61 Å². The third kappa shape index (κ3) is 5.78. The first-order valence-corrected chi connectivity index (χ1v) is 7.11. The molecule has 7 heteroatoms. The molecule has 0 aliphatic carbocycles. The highest BCUT2D eigenvalue weighted by Gasteiger charge is 2.14. The summed E-state index contributed by atoms with van der Waals surface area (Å²) in [6, 6.07) is 0. The summed E-state index contributed by atoms with van der Waals surface area (Å²) in [5, 5.41) is 0. The Labute approximate surface area is 104 Å². The van der Waals surface area contributed by atoms with Gasteiger partial charge in [-0.2, -0.15) is 12.7 Å². The Morgan fingerprint density at radius 1 is 1.29 bits per heavy atom. The predicted molar refractivity (Wildman–Crippen MR) is 64.5 cm³/mol. The summed E-state index contributed by atoms with van der Waals surface area (Å²) in [6.45, 7) is 5.12. The predicted octanol–water partition coefficient (Wildman–Crippen LogP) is 0.0836. The molecule has 1 saturated heterocycles. The zero-order valence-electron chi connectivity index (χ0n) is 10.5. The lowest BCUT2D eigenvalue weighted by Gasteiger charge is -2.14. The largest absolute Gasteiger partial charge is 0.377 e. The molecular formula is C10H21N2O4S. The Morgan fingerprint density at radius 3 is 2.53 bits per heavy atom. The normalized spacial score (nSPS) is 18.1. The van der Waals surface area contributed by atoms with Crippen molar-refractivity contribution in [2.24, 2.45) is 0 Å². The molecule has 0 bridgehead atoms. The molecule has 1 fully saturated rings. The van der Waals surface area contributed by atoms with Crippen LogP contribution in [0.2, 0.25) is 0 Å². The van der Waals surface area contributed by atoms with Crippen LogP contribution in [0.25, 0.3) is 0 Å². The van der Waals surface area contributed by atoms with Crippen molar-refractivity contribution >= 4 is 10.3 Å². The Balaban J connectivity index is 1.97. The van der Waals surface area contributed by atoms with Gasteiger partial charge in [-0.1, -0.05) is 0 Å². The minimum absolute atomic E-state index is 0.181.